The first-order valence-corrected chi connectivity index (χ1v) is 13.1. The number of aromatic nitrogens is 2. The maximum atomic E-state index is 4.69. The summed E-state index contributed by atoms with van der Waals surface area (Å²) in [5, 5.41) is 2.47. The highest BCUT2D eigenvalue weighted by Crippen LogP contribution is 2.57. The van der Waals surface area contributed by atoms with Crippen LogP contribution in [0.15, 0.2) is 116 Å². The summed E-state index contributed by atoms with van der Waals surface area (Å²) < 4.78 is 0. The second-order valence-corrected chi connectivity index (χ2v) is 10.7. The molecule has 2 aliphatic rings. The highest BCUT2D eigenvalue weighted by Gasteiger charge is 2.38. The van der Waals surface area contributed by atoms with Gasteiger partial charge >= 0.3 is 0 Å². The maximum absolute atomic E-state index is 4.69. The number of hydrogen-bond donors (Lipinski definition) is 0. The first kappa shape index (κ1) is 21.3. The molecule has 0 N–H and O–H groups in total. The Kier molecular flexibility index (Phi) is 4.28. The van der Waals surface area contributed by atoms with Crippen LogP contribution in [0.4, 0.5) is 17.1 Å². The first-order valence-electron chi connectivity index (χ1n) is 13.1. The minimum absolute atomic E-state index is 0.0695. The van der Waals surface area contributed by atoms with Crippen molar-refractivity contribution in [1.29, 1.82) is 0 Å². The number of nitrogens with zero attached hydrogens (tertiary/aromatic N) is 3. The fraction of sp³-hybridized carbons (Fsp3) is 0.0857. The van der Waals surface area contributed by atoms with E-state index < -0.39 is 0 Å². The zero-order chi connectivity index (χ0) is 25.4. The van der Waals surface area contributed by atoms with Crippen LogP contribution in [0.2, 0.25) is 0 Å². The Labute approximate surface area is 222 Å². The van der Waals surface area contributed by atoms with Gasteiger partial charge in [-0.1, -0.05) is 68.4 Å². The van der Waals surface area contributed by atoms with Crippen molar-refractivity contribution in [3.05, 3.63) is 127 Å². The van der Waals surface area contributed by atoms with Gasteiger partial charge in [-0.25, -0.2) is 0 Å². The molecule has 3 heterocycles. The molecule has 0 fully saturated rings. The van der Waals surface area contributed by atoms with Crippen LogP contribution in [0.3, 0.4) is 0 Å². The van der Waals surface area contributed by atoms with Crippen molar-refractivity contribution in [3.63, 3.8) is 0 Å². The zero-order valence-electron chi connectivity index (χ0n) is 21.3. The van der Waals surface area contributed by atoms with E-state index in [0.29, 0.717) is 0 Å². The average molecular weight is 488 g/mol. The van der Waals surface area contributed by atoms with Gasteiger partial charge in [0, 0.05) is 46.2 Å². The monoisotopic (exact) mass is 487 g/mol. The molecule has 38 heavy (non-hydrogen) atoms. The van der Waals surface area contributed by atoms with E-state index in [1.165, 1.54) is 55.5 Å². The Morgan fingerprint density at radius 1 is 0.579 bits per heavy atom. The van der Waals surface area contributed by atoms with Crippen LogP contribution in [0.5, 0.6) is 0 Å². The average Bonchev–Trinajstić information content (AvgIpc) is 3.19. The second kappa shape index (κ2) is 7.62. The summed E-state index contributed by atoms with van der Waals surface area (Å²) in [6.07, 6.45) is 5.62. The summed E-state index contributed by atoms with van der Waals surface area (Å²) in [5.74, 6) is 0. The fourth-order valence-electron chi connectivity index (χ4n) is 6.58. The van der Waals surface area contributed by atoms with Gasteiger partial charge in [-0.3, -0.25) is 9.97 Å². The Morgan fingerprint density at radius 3 is 2.24 bits per heavy atom. The van der Waals surface area contributed by atoms with Crippen molar-refractivity contribution in [2.75, 3.05) is 4.90 Å². The van der Waals surface area contributed by atoms with Gasteiger partial charge in [0.05, 0.1) is 17.1 Å². The topological polar surface area (TPSA) is 29.0 Å². The van der Waals surface area contributed by atoms with E-state index >= 15 is 0 Å². The van der Waals surface area contributed by atoms with Gasteiger partial charge < -0.3 is 4.90 Å². The third-order valence-electron chi connectivity index (χ3n) is 8.35. The number of rotatable bonds is 2. The molecule has 0 saturated heterocycles. The number of anilines is 3. The normalized spacial score (nSPS) is 14.2. The third kappa shape index (κ3) is 2.79. The molecule has 1 aliphatic heterocycles. The van der Waals surface area contributed by atoms with Gasteiger partial charge in [0.25, 0.3) is 0 Å². The highest BCUT2D eigenvalue weighted by atomic mass is 15.2. The van der Waals surface area contributed by atoms with Gasteiger partial charge in [-0.15, -0.1) is 0 Å². The van der Waals surface area contributed by atoms with Crippen molar-refractivity contribution < 1.29 is 0 Å². The van der Waals surface area contributed by atoms with E-state index in [1.54, 1.807) is 0 Å². The molecule has 0 unspecified atom stereocenters. The summed E-state index contributed by atoms with van der Waals surface area (Å²) in [6.45, 7) is 4.69. The second-order valence-electron chi connectivity index (χ2n) is 10.7. The standard InChI is InChI=1S/C35H25N3/c1-35(2)29-11-4-3-8-23(29)27-20-28-26-10-7-9-25-24(31-12-5-6-17-37-31)13-14-32(34(25)26)38(33(28)21-30(27)35)22-15-18-36-19-16-22/h3-21H,1-2H3. The van der Waals surface area contributed by atoms with E-state index in [4.69, 9.17) is 4.98 Å². The van der Waals surface area contributed by atoms with Crippen LogP contribution in [0.1, 0.15) is 25.0 Å². The molecule has 4 aromatic carbocycles. The van der Waals surface area contributed by atoms with Crippen LogP contribution in [-0.4, -0.2) is 9.97 Å². The largest absolute Gasteiger partial charge is 0.309 e. The Morgan fingerprint density at radius 2 is 1.39 bits per heavy atom. The number of pyridine rings is 2. The number of benzene rings is 4. The maximum Gasteiger partial charge on any atom is 0.0708 e. The predicted molar refractivity (Wildman–Crippen MR) is 156 cm³/mol. The lowest BCUT2D eigenvalue weighted by atomic mass is 9.80. The Hall–Kier alpha value is -4.76. The van der Waals surface area contributed by atoms with Gasteiger partial charge in [0.2, 0.25) is 0 Å². The van der Waals surface area contributed by atoms with Crippen LogP contribution < -0.4 is 4.90 Å². The molecular formula is C35H25N3. The highest BCUT2D eigenvalue weighted by molar-refractivity contribution is 6.17. The van der Waals surface area contributed by atoms with Gasteiger partial charge in [-0.2, -0.15) is 0 Å². The van der Waals surface area contributed by atoms with Crippen LogP contribution in [-0.2, 0) is 5.41 Å². The molecule has 2 aromatic heterocycles. The molecule has 0 amide bonds. The number of fused-ring (bicyclic) bond motifs is 5. The molecule has 3 nitrogen and oxygen atoms in total. The van der Waals surface area contributed by atoms with E-state index in [9.17, 15) is 0 Å². The SMILES string of the molecule is CC1(C)c2ccccc2-c2cc3c(cc21)N(c1ccncc1)c1ccc(-c2ccccn2)c2cccc-3c12. The summed E-state index contributed by atoms with van der Waals surface area (Å²) in [7, 11) is 0. The van der Waals surface area contributed by atoms with Crippen molar-refractivity contribution in [1.82, 2.24) is 9.97 Å². The van der Waals surface area contributed by atoms with Crippen molar-refractivity contribution >= 4 is 27.8 Å². The minimum atomic E-state index is -0.0695. The lowest BCUT2D eigenvalue weighted by molar-refractivity contribution is 0.660. The van der Waals surface area contributed by atoms with Crippen molar-refractivity contribution in [2.45, 2.75) is 19.3 Å². The molecule has 1 aliphatic carbocycles. The zero-order valence-corrected chi connectivity index (χ0v) is 21.3. The smallest absolute Gasteiger partial charge is 0.0708 e. The van der Waals surface area contributed by atoms with Crippen LogP contribution in [0.25, 0.3) is 44.3 Å². The Bertz CT molecular complexity index is 1890. The van der Waals surface area contributed by atoms with Crippen LogP contribution >= 0.6 is 0 Å². The first-order chi connectivity index (χ1) is 18.6. The van der Waals surface area contributed by atoms with E-state index in [0.717, 1.165) is 16.9 Å². The van der Waals surface area contributed by atoms with E-state index in [2.05, 4.69) is 115 Å². The van der Waals surface area contributed by atoms with E-state index in [-0.39, 0.29) is 5.41 Å². The van der Waals surface area contributed by atoms with E-state index in [1.807, 2.05) is 24.7 Å². The third-order valence-corrected chi connectivity index (χ3v) is 8.35. The lowest BCUT2D eigenvalue weighted by Gasteiger charge is -2.35. The van der Waals surface area contributed by atoms with Gasteiger partial charge in [0.1, 0.15) is 0 Å². The molecule has 0 atom stereocenters. The number of hydrogen-bond acceptors (Lipinski definition) is 3. The molecule has 0 radical (unpaired) electrons. The summed E-state index contributed by atoms with van der Waals surface area (Å²) in [6, 6.07) is 35.2. The summed E-state index contributed by atoms with van der Waals surface area (Å²) >= 11 is 0. The molecule has 6 aromatic rings. The van der Waals surface area contributed by atoms with Crippen molar-refractivity contribution in [2.24, 2.45) is 0 Å². The predicted octanol–water partition coefficient (Wildman–Crippen LogP) is 9.05. The van der Waals surface area contributed by atoms with Gasteiger partial charge in [0.15, 0.2) is 0 Å². The summed E-state index contributed by atoms with van der Waals surface area (Å²) in [5.41, 5.74) is 13.5. The molecule has 180 valence electrons. The minimum Gasteiger partial charge on any atom is -0.309 e. The van der Waals surface area contributed by atoms with Crippen molar-refractivity contribution in [3.8, 4) is 33.5 Å². The molecule has 8 rings (SSSR count). The molecule has 0 saturated carbocycles. The lowest BCUT2D eigenvalue weighted by Crippen LogP contribution is -2.19. The van der Waals surface area contributed by atoms with Crippen LogP contribution in [0, 0.1) is 0 Å². The molecule has 0 bridgehead atoms. The molecule has 0 spiro atoms. The molecule has 3 heteroatoms. The quantitative estimate of drug-likeness (QED) is 0.244. The fourth-order valence-corrected chi connectivity index (χ4v) is 6.58. The van der Waals surface area contributed by atoms with Gasteiger partial charge in [-0.05, 0) is 75.7 Å². The Balaban J connectivity index is 1.49. The molecular weight excluding hydrogens is 462 g/mol. The summed E-state index contributed by atoms with van der Waals surface area (Å²) in [4.78, 5) is 11.4.